The van der Waals surface area contributed by atoms with Crippen LogP contribution < -0.4 is 10.8 Å². The van der Waals surface area contributed by atoms with Crippen molar-refractivity contribution in [3.63, 3.8) is 0 Å². The summed E-state index contributed by atoms with van der Waals surface area (Å²) in [7, 11) is 2.47. The van der Waals surface area contributed by atoms with Crippen molar-refractivity contribution < 1.29 is 0 Å². The van der Waals surface area contributed by atoms with E-state index >= 15 is 0 Å². The van der Waals surface area contributed by atoms with Gasteiger partial charge in [-0.25, -0.2) is 0 Å². The van der Waals surface area contributed by atoms with E-state index in [1.165, 1.54) is 49.6 Å². The van der Waals surface area contributed by atoms with E-state index in [2.05, 4.69) is 64.3 Å². The molecule has 1 aromatic carbocycles. The van der Waals surface area contributed by atoms with Gasteiger partial charge in [-0.3, -0.25) is 0 Å². The third-order valence-corrected chi connectivity index (χ3v) is 9.99. The van der Waals surface area contributed by atoms with Gasteiger partial charge in [-0.1, -0.05) is 43.9 Å². The van der Waals surface area contributed by atoms with Crippen LogP contribution in [-0.4, -0.2) is 37.9 Å². The molecule has 0 amide bonds. The molecule has 1 saturated heterocycles. The van der Waals surface area contributed by atoms with Crippen LogP contribution in [0.4, 0.5) is 0 Å². The van der Waals surface area contributed by atoms with Crippen LogP contribution >= 0.6 is 0 Å². The largest absolute Gasteiger partial charge is 0.338 e. The number of rotatable bonds is 2. The van der Waals surface area contributed by atoms with Crippen molar-refractivity contribution in [1.29, 1.82) is 0 Å². The van der Waals surface area contributed by atoms with Crippen molar-refractivity contribution in [2.45, 2.75) is 85.1 Å². The smallest absolute Gasteiger partial charge is 0.248 e. The Kier molecular flexibility index (Phi) is 4.95. The average Bonchev–Trinajstić information content (AvgIpc) is 2.93. The van der Waals surface area contributed by atoms with Gasteiger partial charge in [0, 0.05) is 25.7 Å². The highest BCUT2D eigenvalue weighted by Gasteiger charge is 2.57. The van der Waals surface area contributed by atoms with E-state index in [9.17, 15) is 0 Å². The predicted molar refractivity (Wildman–Crippen MR) is 124 cm³/mol. The fourth-order valence-electron chi connectivity index (χ4n) is 7.62. The third-order valence-electron chi connectivity index (χ3n) is 9.99. The van der Waals surface area contributed by atoms with Gasteiger partial charge in [-0.2, -0.15) is 0 Å². The zero-order valence-corrected chi connectivity index (χ0v) is 19.4. The molecule has 3 aliphatic carbocycles. The fraction of sp³-hybridized carbons (Fsp3) is 0.769. The molecule has 1 N–H and O–H groups in total. The van der Waals surface area contributed by atoms with Gasteiger partial charge < -0.3 is 10.1 Å². The van der Waals surface area contributed by atoms with Crippen molar-refractivity contribution in [3.8, 4) is 0 Å². The molecular formula is C26H40BN2. The minimum Gasteiger partial charge on any atom is -0.338 e. The summed E-state index contributed by atoms with van der Waals surface area (Å²) >= 11 is 0. The number of hydrogen-bond acceptors (Lipinski definition) is 2. The first-order chi connectivity index (χ1) is 13.8. The summed E-state index contributed by atoms with van der Waals surface area (Å²) in [5.74, 6) is 2.65. The molecule has 0 bridgehead atoms. The van der Waals surface area contributed by atoms with Gasteiger partial charge in [-0.15, -0.1) is 0 Å². The van der Waals surface area contributed by atoms with Crippen molar-refractivity contribution >= 4 is 12.9 Å². The van der Waals surface area contributed by atoms with Crippen LogP contribution in [0.25, 0.3) is 0 Å². The second-order valence-corrected chi connectivity index (χ2v) is 11.6. The van der Waals surface area contributed by atoms with Crippen LogP contribution in [0.1, 0.15) is 82.4 Å². The molecule has 29 heavy (non-hydrogen) atoms. The molecule has 1 heterocycles. The Morgan fingerprint density at radius 3 is 2.72 bits per heavy atom. The van der Waals surface area contributed by atoms with Gasteiger partial charge >= 0.3 is 0 Å². The minimum absolute atomic E-state index is 0.521. The molecule has 5 atom stereocenters. The highest BCUT2D eigenvalue weighted by Crippen LogP contribution is 2.67. The van der Waals surface area contributed by atoms with E-state index in [0.717, 1.165) is 37.4 Å². The van der Waals surface area contributed by atoms with Gasteiger partial charge in [0.1, 0.15) is 0 Å². The summed E-state index contributed by atoms with van der Waals surface area (Å²) in [4.78, 5) is 2.56. The van der Waals surface area contributed by atoms with Crippen molar-refractivity contribution in [2.24, 2.45) is 22.7 Å². The van der Waals surface area contributed by atoms with E-state index in [4.69, 9.17) is 0 Å². The number of piperazine rings is 1. The van der Waals surface area contributed by atoms with E-state index in [1.54, 1.807) is 11.1 Å². The van der Waals surface area contributed by atoms with Crippen LogP contribution in [0.3, 0.4) is 0 Å². The Hall–Kier alpha value is -0.795. The van der Waals surface area contributed by atoms with Crippen molar-refractivity contribution in [2.75, 3.05) is 19.6 Å². The Balaban J connectivity index is 1.44. The molecule has 2 nitrogen and oxygen atoms in total. The number of benzene rings is 1. The van der Waals surface area contributed by atoms with Gasteiger partial charge in [0.25, 0.3) is 0 Å². The van der Waals surface area contributed by atoms with E-state index in [-0.39, 0.29) is 0 Å². The van der Waals surface area contributed by atoms with Gasteiger partial charge in [0.2, 0.25) is 7.41 Å². The summed E-state index contributed by atoms with van der Waals surface area (Å²) in [5, 5.41) is 3.52. The highest BCUT2D eigenvalue weighted by atomic mass is 15.2. The maximum Gasteiger partial charge on any atom is 0.248 e. The molecular weight excluding hydrogens is 351 g/mol. The molecule has 2 saturated carbocycles. The lowest BCUT2D eigenvalue weighted by Crippen LogP contribution is -2.54. The molecule has 157 valence electrons. The molecule has 0 spiro atoms. The zero-order valence-electron chi connectivity index (χ0n) is 19.4. The summed E-state index contributed by atoms with van der Waals surface area (Å²) in [6, 6.07) is 5.73. The van der Waals surface area contributed by atoms with Crippen LogP contribution in [0.15, 0.2) is 12.1 Å². The Bertz CT molecular complexity index is 787. The van der Waals surface area contributed by atoms with Crippen molar-refractivity contribution in [1.82, 2.24) is 10.1 Å². The Morgan fingerprint density at radius 2 is 1.93 bits per heavy atom. The normalized spacial score (nSPS) is 38.8. The second kappa shape index (κ2) is 7.13. The molecule has 1 aliphatic heterocycles. The van der Waals surface area contributed by atoms with Crippen LogP contribution in [0.2, 0.25) is 0 Å². The molecule has 1 aromatic rings. The number of nitrogens with zero attached hydrogens (tertiary/aromatic N) is 1. The maximum atomic E-state index is 3.52. The first kappa shape index (κ1) is 20.1. The number of fused-ring (bicyclic) bond motifs is 5. The SMILES string of the molecule is Cc1cc2c(cc1[B]N1CCNCC1C)C1CC[C@@]3(C)C(CCC3(C)C)C1CC2. The second-order valence-electron chi connectivity index (χ2n) is 11.6. The first-order valence-electron chi connectivity index (χ1n) is 12.2. The molecule has 4 unspecified atom stereocenters. The van der Waals surface area contributed by atoms with Crippen molar-refractivity contribution in [3.05, 3.63) is 28.8 Å². The number of hydrogen-bond donors (Lipinski definition) is 1. The summed E-state index contributed by atoms with van der Waals surface area (Å²) < 4.78 is 0. The zero-order chi connectivity index (χ0) is 20.4. The summed E-state index contributed by atoms with van der Waals surface area (Å²) in [6.45, 7) is 15.7. The van der Waals surface area contributed by atoms with E-state index in [1.807, 2.05) is 0 Å². The monoisotopic (exact) mass is 391 g/mol. The molecule has 3 fully saturated rings. The number of nitrogens with one attached hydrogen (secondary N) is 1. The Labute approximate surface area is 179 Å². The first-order valence-corrected chi connectivity index (χ1v) is 12.2. The standard InChI is InChI=1S/C26H40BN2/c1-17-14-19-6-7-21-20(8-11-26(5)23(21)9-10-25(26,3)4)22(19)15-24(17)27-29-13-12-28-16-18(29)2/h14-15,18,20-21,23,28H,6-13,16H2,1-5H3/t18?,20?,21?,23?,26-/m0/s1. The lowest BCUT2D eigenvalue weighted by atomic mass is 9.51. The molecule has 3 heteroatoms. The number of aryl methyl sites for hydroxylation is 2. The van der Waals surface area contributed by atoms with Gasteiger partial charge in [0.15, 0.2) is 0 Å². The quantitative estimate of drug-likeness (QED) is 0.751. The molecule has 4 aliphatic rings. The third kappa shape index (κ3) is 3.14. The van der Waals surface area contributed by atoms with E-state index < -0.39 is 0 Å². The van der Waals surface area contributed by atoms with Crippen LogP contribution in [0.5, 0.6) is 0 Å². The average molecular weight is 391 g/mol. The maximum absolute atomic E-state index is 3.52. The minimum atomic E-state index is 0.521. The molecule has 1 radical (unpaired) electrons. The summed E-state index contributed by atoms with van der Waals surface area (Å²) in [6.07, 6.45) is 8.44. The summed E-state index contributed by atoms with van der Waals surface area (Å²) in [5.41, 5.74) is 7.39. The van der Waals surface area contributed by atoms with Gasteiger partial charge in [-0.05, 0) is 92.1 Å². The topological polar surface area (TPSA) is 15.3 Å². The lowest BCUT2D eigenvalue weighted by Gasteiger charge is -2.53. The predicted octanol–water partition coefficient (Wildman–Crippen LogP) is 4.42. The lowest BCUT2D eigenvalue weighted by molar-refractivity contribution is -0.00851. The Morgan fingerprint density at radius 1 is 1.10 bits per heavy atom. The van der Waals surface area contributed by atoms with Crippen LogP contribution in [-0.2, 0) is 6.42 Å². The van der Waals surface area contributed by atoms with Gasteiger partial charge in [0.05, 0.1) is 0 Å². The highest BCUT2D eigenvalue weighted by molar-refractivity contribution is 6.51. The van der Waals surface area contributed by atoms with E-state index in [0.29, 0.717) is 16.9 Å². The van der Waals surface area contributed by atoms with Crippen LogP contribution in [0, 0.1) is 29.6 Å². The molecule has 5 rings (SSSR count). The fourth-order valence-corrected chi connectivity index (χ4v) is 7.62. The molecule has 0 aromatic heterocycles.